The molecule has 18 heavy (non-hydrogen) atoms. The summed E-state index contributed by atoms with van der Waals surface area (Å²) < 4.78 is 43.7. The molecule has 9 heteroatoms. The number of methoxy groups -OCH3 is 1. The van der Waals surface area contributed by atoms with Crippen LogP contribution in [0.5, 0.6) is 0 Å². The minimum absolute atomic E-state index is 0.780. The van der Waals surface area contributed by atoms with E-state index in [2.05, 4.69) is 9.47 Å². The average molecular weight is 271 g/mol. The minimum atomic E-state index is -5.18. The first-order valence-corrected chi connectivity index (χ1v) is 4.75. The summed E-state index contributed by atoms with van der Waals surface area (Å²) in [6, 6.07) is -1.06. The van der Waals surface area contributed by atoms with Gasteiger partial charge in [0.2, 0.25) is 0 Å². The first kappa shape index (κ1) is 16.2. The number of hydrogen-bond donors (Lipinski definition) is 1. The monoisotopic (exact) mass is 271 g/mol. The zero-order valence-electron chi connectivity index (χ0n) is 9.83. The number of esters is 2. The number of carbonyl (C=O) groups excluding carboxylic acids is 3. The van der Waals surface area contributed by atoms with Crippen LogP contribution in [0.2, 0.25) is 0 Å². The van der Waals surface area contributed by atoms with Crippen LogP contribution >= 0.6 is 0 Å². The molecule has 0 aromatic heterocycles. The van der Waals surface area contributed by atoms with Crippen molar-refractivity contribution in [2.75, 3.05) is 7.11 Å². The van der Waals surface area contributed by atoms with Gasteiger partial charge in [-0.05, 0) is 13.8 Å². The molecule has 0 saturated heterocycles. The van der Waals surface area contributed by atoms with Gasteiger partial charge in [0.15, 0.2) is 6.10 Å². The third kappa shape index (κ3) is 5.02. The lowest BCUT2D eigenvalue weighted by Gasteiger charge is -2.17. The van der Waals surface area contributed by atoms with Crippen LogP contribution in [0, 0.1) is 0 Å². The third-order valence-electron chi connectivity index (χ3n) is 1.80. The first-order chi connectivity index (χ1) is 8.09. The molecule has 0 aromatic carbocycles. The Labute approximate surface area is 100 Å². The molecule has 0 aliphatic carbocycles. The molecule has 0 radical (unpaired) electrons. The second-order valence-electron chi connectivity index (χ2n) is 3.30. The van der Waals surface area contributed by atoms with Crippen molar-refractivity contribution in [3.8, 4) is 0 Å². The second kappa shape index (κ2) is 6.22. The quantitative estimate of drug-likeness (QED) is 0.736. The molecule has 104 valence electrons. The molecule has 0 aliphatic heterocycles. The molecule has 6 nitrogen and oxygen atoms in total. The Balaban J connectivity index is 4.36. The maximum atomic E-state index is 11.8. The maximum absolute atomic E-state index is 11.8. The molecule has 0 aliphatic rings. The van der Waals surface area contributed by atoms with Crippen LogP contribution in [0.4, 0.5) is 13.2 Å². The van der Waals surface area contributed by atoms with Gasteiger partial charge < -0.3 is 14.8 Å². The predicted octanol–water partition coefficient (Wildman–Crippen LogP) is 0.158. The molecule has 0 spiro atoms. The molecule has 0 fully saturated rings. The standard InChI is InChI=1S/C9H12F3NO5/c1-4(7(15)17-3)13-6(14)5(2)18-8(16)9(10,11)12/h4-5H,1-3H3,(H,13,14)/t4-,5+/m0/s1. The highest BCUT2D eigenvalue weighted by atomic mass is 19.4. The Kier molecular flexibility index (Phi) is 5.60. The molecule has 0 aromatic rings. The maximum Gasteiger partial charge on any atom is 0.490 e. The van der Waals surface area contributed by atoms with Crippen molar-refractivity contribution >= 4 is 17.8 Å². The van der Waals surface area contributed by atoms with E-state index in [1.54, 1.807) is 0 Å². The molecule has 0 heterocycles. The van der Waals surface area contributed by atoms with Gasteiger partial charge in [-0.3, -0.25) is 4.79 Å². The average Bonchev–Trinajstić information content (AvgIpc) is 2.26. The molecular weight excluding hydrogens is 259 g/mol. The second-order valence-corrected chi connectivity index (χ2v) is 3.30. The number of nitrogens with one attached hydrogen (secondary N) is 1. The number of hydrogen-bond acceptors (Lipinski definition) is 5. The summed E-state index contributed by atoms with van der Waals surface area (Å²) in [4.78, 5) is 32.6. The number of carbonyl (C=O) groups is 3. The predicted molar refractivity (Wildman–Crippen MR) is 51.2 cm³/mol. The normalized spacial score (nSPS) is 14.3. The molecular formula is C9H12F3NO5. The number of halogens is 3. The van der Waals surface area contributed by atoms with Crippen LogP contribution in [0.3, 0.4) is 0 Å². The van der Waals surface area contributed by atoms with Gasteiger partial charge in [0.25, 0.3) is 5.91 Å². The van der Waals surface area contributed by atoms with Crippen molar-refractivity contribution in [3.05, 3.63) is 0 Å². The lowest BCUT2D eigenvalue weighted by molar-refractivity contribution is -0.204. The first-order valence-electron chi connectivity index (χ1n) is 4.75. The van der Waals surface area contributed by atoms with E-state index < -0.39 is 36.2 Å². The molecule has 0 rings (SSSR count). The SMILES string of the molecule is COC(=O)[C@H](C)NC(=O)[C@@H](C)OC(=O)C(F)(F)F. The number of alkyl halides is 3. The fraction of sp³-hybridized carbons (Fsp3) is 0.667. The van der Waals surface area contributed by atoms with Gasteiger partial charge >= 0.3 is 18.1 Å². The fourth-order valence-electron chi connectivity index (χ4n) is 0.847. The highest BCUT2D eigenvalue weighted by molar-refractivity contribution is 5.88. The van der Waals surface area contributed by atoms with E-state index in [4.69, 9.17) is 0 Å². The Hall–Kier alpha value is -1.80. The lowest BCUT2D eigenvalue weighted by Crippen LogP contribution is -2.45. The smallest absolute Gasteiger partial charge is 0.467 e. The number of rotatable bonds is 4. The Morgan fingerprint density at radius 1 is 1.17 bits per heavy atom. The van der Waals surface area contributed by atoms with Crippen molar-refractivity contribution in [1.82, 2.24) is 5.32 Å². The minimum Gasteiger partial charge on any atom is -0.467 e. The van der Waals surface area contributed by atoms with E-state index in [1.165, 1.54) is 6.92 Å². The lowest BCUT2D eigenvalue weighted by atomic mass is 10.3. The van der Waals surface area contributed by atoms with Gasteiger partial charge in [-0.2, -0.15) is 13.2 Å². The number of amides is 1. The van der Waals surface area contributed by atoms with E-state index in [9.17, 15) is 27.6 Å². The van der Waals surface area contributed by atoms with Gasteiger partial charge in [-0.25, -0.2) is 9.59 Å². The van der Waals surface area contributed by atoms with Crippen molar-refractivity contribution in [3.63, 3.8) is 0 Å². The number of ether oxygens (including phenoxy) is 2. The Bertz CT molecular complexity index is 342. The van der Waals surface area contributed by atoms with Gasteiger partial charge in [0, 0.05) is 0 Å². The van der Waals surface area contributed by atoms with E-state index >= 15 is 0 Å². The van der Waals surface area contributed by atoms with Crippen LogP contribution in [0.25, 0.3) is 0 Å². The topological polar surface area (TPSA) is 81.7 Å². The van der Waals surface area contributed by atoms with E-state index in [0.717, 1.165) is 14.0 Å². The summed E-state index contributed by atoms with van der Waals surface area (Å²) in [6.07, 6.45) is -6.85. The highest BCUT2D eigenvalue weighted by Crippen LogP contribution is 2.17. The third-order valence-corrected chi connectivity index (χ3v) is 1.80. The molecule has 0 unspecified atom stereocenters. The van der Waals surface area contributed by atoms with Crippen LogP contribution < -0.4 is 5.32 Å². The Morgan fingerprint density at radius 2 is 1.67 bits per heavy atom. The van der Waals surface area contributed by atoms with Crippen molar-refractivity contribution in [2.45, 2.75) is 32.2 Å². The summed E-state index contributed by atoms with van der Waals surface area (Å²) in [7, 11) is 1.08. The van der Waals surface area contributed by atoms with E-state index in [0.29, 0.717) is 0 Å². The molecule has 2 atom stereocenters. The van der Waals surface area contributed by atoms with Gasteiger partial charge in [-0.1, -0.05) is 0 Å². The van der Waals surface area contributed by atoms with Gasteiger partial charge in [-0.15, -0.1) is 0 Å². The molecule has 1 amide bonds. The molecule has 0 saturated carbocycles. The Morgan fingerprint density at radius 3 is 2.06 bits per heavy atom. The van der Waals surface area contributed by atoms with Crippen molar-refractivity contribution < 1.29 is 37.0 Å². The summed E-state index contributed by atoms with van der Waals surface area (Å²) >= 11 is 0. The van der Waals surface area contributed by atoms with Crippen LogP contribution in [-0.4, -0.2) is 43.3 Å². The molecule has 0 bridgehead atoms. The zero-order valence-corrected chi connectivity index (χ0v) is 9.83. The molecule has 1 N–H and O–H groups in total. The highest BCUT2D eigenvalue weighted by Gasteiger charge is 2.42. The summed E-state index contributed by atoms with van der Waals surface area (Å²) in [5.74, 6) is -4.29. The van der Waals surface area contributed by atoms with Crippen molar-refractivity contribution in [1.29, 1.82) is 0 Å². The van der Waals surface area contributed by atoms with Crippen molar-refractivity contribution in [2.24, 2.45) is 0 Å². The van der Waals surface area contributed by atoms with Crippen LogP contribution in [0.1, 0.15) is 13.8 Å². The van der Waals surface area contributed by atoms with Crippen LogP contribution in [-0.2, 0) is 23.9 Å². The van der Waals surface area contributed by atoms with Gasteiger partial charge in [0.1, 0.15) is 6.04 Å². The summed E-state index contributed by atoms with van der Waals surface area (Å²) in [5, 5.41) is 2.03. The summed E-state index contributed by atoms with van der Waals surface area (Å²) in [5.41, 5.74) is 0. The van der Waals surface area contributed by atoms with Crippen LogP contribution in [0.15, 0.2) is 0 Å². The summed E-state index contributed by atoms with van der Waals surface area (Å²) in [6.45, 7) is 2.21. The largest absolute Gasteiger partial charge is 0.490 e. The zero-order chi connectivity index (χ0) is 14.5. The fourth-order valence-corrected chi connectivity index (χ4v) is 0.847. The van der Waals surface area contributed by atoms with E-state index in [-0.39, 0.29) is 0 Å². The van der Waals surface area contributed by atoms with Gasteiger partial charge in [0.05, 0.1) is 7.11 Å². The van der Waals surface area contributed by atoms with E-state index in [1.807, 2.05) is 5.32 Å².